The average molecular weight is 483 g/mol. The van der Waals surface area contributed by atoms with E-state index >= 15 is 0 Å². The Hall–Kier alpha value is -3.37. The van der Waals surface area contributed by atoms with Gasteiger partial charge in [-0.2, -0.15) is 0 Å². The van der Waals surface area contributed by atoms with Crippen molar-refractivity contribution in [3.63, 3.8) is 0 Å². The average Bonchev–Trinajstić information content (AvgIpc) is 3.56. The van der Waals surface area contributed by atoms with E-state index in [1.54, 1.807) is 12.3 Å². The van der Waals surface area contributed by atoms with Crippen LogP contribution in [0.15, 0.2) is 58.3 Å². The summed E-state index contributed by atoms with van der Waals surface area (Å²) in [5, 5.41) is 12.4. The number of ether oxygens (including phenoxy) is 1. The van der Waals surface area contributed by atoms with Crippen molar-refractivity contribution < 1.29 is 18.7 Å². The van der Waals surface area contributed by atoms with Crippen molar-refractivity contribution >= 4 is 40.0 Å². The Bertz CT molecular complexity index is 1260. The number of hydrogen-bond donors (Lipinski definition) is 1. The lowest BCUT2D eigenvalue weighted by atomic mass is 10.0. The molecule has 3 aromatic heterocycles. The van der Waals surface area contributed by atoms with Gasteiger partial charge in [-0.05, 0) is 31.5 Å². The standard InChI is InChI=1S/C23H22N4O4S2/c1-4-27-20(16-11-8-12-31-16)25-26-23(27)32-13-17(28)24-21-19(22(29)30-3)18(14(2)33-21)15-9-6-5-7-10-15/h5-12H,4,13H2,1-3H3,(H,24,28). The molecule has 1 aromatic carbocycles. The second kappa shape index (κ2) is 10.1. The fourth-order valence-corrected chi connectivity index (χ4v) is 5.33. The molecular formula is C23H22N4O4S2. The summed E-state index contributed by atoms with van der Waals surface area (Å²) in [6, 6.07) is 13.2. The first-order valence-corrected chi connectivity index (χ1v) is 12.0. The van der Waals surface area contributed by atoms with Crippen LogP contribution < -0.4 is 5.32 Å². The van der Waals surface area contributed by atoms with Gasteiger partial charge in [-0.15, -0.1) is 21.5 Å². The number of rotatable bonds is 8. The Morgan fingerprint density at radius 1 is 1.18 bits per heavy atom. The van der Waals surface area contributed by atoms with Gasteiger partial charge in [0.25, 0.3) is 0 Å². The molecule has 0 saturated heterocycles. The third-order valence-corrected chi connectivity index (χ3v) is 6.88. The largest absolute Gasteiger partial charge is 0.465 e. The molecule has 1 N–H and O–H groups in total. The molecule has 8 nitrogen and oxygen atoms in total. The first kappa shape index (κ1) is 22.8. The lowest BCUT2D eigenvalue weighted by Crippen LogP contribution is -2.16. The first-order chi connectivity index (χ1) is 16.0. The van der Waals surface area contributed by atoms with Crippen molar-refractivity contribution in [3.8, 4) is 22.7 Å². The van der Waals surface area contributed by atoms with E-state index in [1.165, 1.54) is 30.2 Å². The lowest BCUT2D eigenvalue weighted by Gasteiger charge is -2.08. The number of amides is 1. The zero-order chi connectivity index (χ0) is 23.4. The molecule has 3 heterocycles. The predicted molar refractivity (Wildman–Crippen MR) is 129 cm³/mol. The Kier molecular flexibility index (Phi) is 6.95. The fraction of sp³-hybridized carbons (Fsp3) is 0.217. The Labute approximate surface area is 199 Å². The van der Waals surface area contributed by atoms with Gasteiger partial charge in [0.2, 0.25) is 5.91 Å². The van der Waals surface area contributed by atoms with Gasteiger partial charge in [0, 0.05) is 17.0 Å². The summed E-state index contributed by atoms with van der Waals surface area (Å²) in [6.07, 6.45) is 1.58. The second-order valence-electron chi connectivity index (χ2n) is 6.96. The fourth-order valence-electron chi connectivity index (χ4n) is 3.44. The zero-order valence-electron chi connectivity index (χ0n) is 18.3. The predicted octanol–water partition coefficient (Wildman–Crippen LogP) is 5.11. The number of furan rings is 1. The van der Waals surface area contributed by atoms with Gasteiger partial charge < -0.3 is 14.5 Å². The molecule has 4 rings (SSSR count). The SMILES string of the molecule is CCn1c(SCC(=O)Nc2sc(C)c(-c3ccccc3)c2C(=O)OC)nnc1-c1ccco1. The number of nitrogens with one attached hydrogen (secondary N) is 1. The molecule has 0 aliphatic rings. The number of thioether (sulfide) groups is 1. The number of aromatic nitrogens is 3. The van der Waals surface area contributed by atoms with Crippen LogP contribution in [-0.2, 0) is 16.1 Å². The van der Waals surface area contributed by atoms with Gasteiger partial charge in [0.1, 0.15) is 10.6 Å². The van der Waals surface area contributed by atoms with E-state index in [1.807, 2.05) is 54.8 Å². The van der Waals surface area contributed by atoms with Crippen molar-refractivity contribution in [1.82, 2.24) is 14.8 Å². The number of thiophene rings is 1. The maximum atomic E-state index is 12.8. The minimum Gasteiger partial charge on any atom is -0.465 e. The monoisotopic (exact) mass is 482 g/mol. The van der Waals surface area contributed by atoms with E-state index in [-0.39, 0.29) is 11.7 Å². The Balaban J connectivity index is 1.53. The van der Waals surface area contributed by atoms with Crippen LogP contribution in [0.5, 0.6) is 0 Å². The van der Waals surface area contributed by atoms with Crippen LogP contribution in [-0.4, -0.2) is 39.5 Å². The highest BCUT2D eigenvalue weighted by molar-refractivity contribution is 7.99. The Morgan fingerprint density at radius 2 is 1.97 bits per heavy atom. The number of aryl methyl sites for hydroxylation is 1. The highest BCUT2D eigenvalue weighted by Crippen LogP contribution is 2.40. The molecule has 1 amide bonds. The van der Waals surface area contributed by atoms with Gasteiger partial charge in [-0.1, -0.05) is 42.1 Å². The molecular weight excluding hydrogens is 460 g/mol. The van der Waals surface area contributed by atoms with Crippen molar-refractivity contribution in [2.24, 2.45) is 0 Å². The molecule has 0 spiro atoms. The van der Waals surface area contributed by atoms with E-state index in [4.69, 9.17) is 9.15 Å². The molecule has 0 aliphatic carbocycles. The van der Waals surface area contributed by atoms with Crippen LogP contribution >= 0.6 is 23.1 Å². The minimum atomic E-state index is -0.491. The summed E-state index contributed by atoms with van der Waals surface area (Å²) in [4.78, 5) is 26.3. The van der Waals surface area contributed by atoms with Crippen molar-refractivity contribution in [1.29, 1.82) is 0 Å². The van der Waals surface area contributed by atoms with E-state index in [0.717, 1.165) is 16.0 Å². The molecule has 10 heteroatoms. The highest BCUT2D eigenvalue weighted by Gasteiger charge is 2.25. The summed E-state index contributed by atoms with van der Waals surface area (Å²) in [6.45, 7) is 4.52. The molecule has 0 atom stereocenters. The molecule has 0 saturated carbocycles. The molecule has 4 aromatic rings. The number of nitrogens with zero attached hydrogens (tertiary/aromatic N) is 3. The maximum Gasteiger partial charge on any atom is 0.341 e. The number of hydrogen-bond acceptors (Lipinski definition) is 8. The van der Waals surface area contributed by atoms with Crippen LogP contribution in [0, 0.1) is 6.92 Å². The summed E-state index contributed by atoms with van der Waals surface area (Å²) < 4.78 is 12.3. The normalized spacial score (nSPS) is 10.9. The first-order valence-electron chi connectivity index (χ1n) is 10.2. The highest BCUT2D eigenvalue weighted by atomic mass is 32.2. The molecule has 33 heavy (non-hydrogen) atoms. The molecule has 0 fully saturated rings. The molecule has 0 unspecified atom stereocenters. The summed E-state index contributed by atoms with van der Waals surface area (Å²) in [7, 11) is 1.33. The number of benzene rings is 1. The van der Waals surface area contributed by atoms with Crippen LogP contribution in [0.25, 0.3) is 22.7 Å². The molecule has 0 aliphatic heterocycles. The zero-order valence-corrected chi connectivity index (χ0v) is 20.0. The number of anilines is 1. The summed E-state index contributed by atoms with van der Waals surface area (Å²) in [5.74, 6) is 0.589. The van der Waals surface area contributed by atoms with Crippen LogP contribution in [0.2, 0.25) is 0 Å². The molecule has 0 radical (unpaired) electrons. The van der Waals surface area contributed by atoms with Gasteiger partial charge in [0.05, 0.1) is 19.1 Å². The molecule has 0 bridgehead atoms. The van der Waals surface area contributed by atoms with E-state index in [9.17, 15) is 9.59 Å². The van der Waals surface area contributed by atoms with Gasteiger partial charge >= 0.3 is 5.97 Å². The summed E-state index contributed by atoms with van der Waals surface area (Å²) >= 11 is 2.62. The van der Waals surface area contributed by atoms with Crippen molar-refractivity contribution in [2.75, 3.05) is 18.2 Å². The number of carbonyl (C=O) groups excluding carboxylic acids is 2. The van der Waals surface area contributed by atoms with E-state index in [2.05, 4.69) is 15.5 Å². The van der Waals surface area contributed by atoms with Crippen LogP contribution in [0.1, 0.15) is 22.2 Å². The van der Waals surface area contributed by atoms with Crippen molar-refractivity contribution in [2.45, 2.75) is 25.5 Å². The van der Waals surface area contributed by atoms with Gasteiger partial charge in [-0.25, -0.2) is 4.79 Å². The van der Waals surface area contributed by atoms with Crippen molar-refractivity contribution in [3.05, 3.63) is 59.2 Å². The van der Waals surface area contributed by atoms with Gasteiger partial charge in [-0.3, -0.25) is 9.36 Å². The smallest absolute Gasteiger partial charge is 0.341 e. The second-order valence-corrected chi connectivity index (χ2v) is 9.13. The van der Waals surface area contributed by atoms with E-state index < -0.39 is 5.97 Å². The van der Waals surface area contributed by atoms with Crippen LogP contribution in [0.4, 0.5) is 5.00 Å². The quantitative estimate of drug-likeness (QED) is 0.275. The third-order valence-electron chi connectivity index (χ3n) is 4.90. The number of methoxy groups -OCH3 is 1. The third kappa shape index (κ3) is 4.71. The number of carbonyl (C=O) groups is 2. The van der Waals surface area contributed by atoms with Crippen LogP contribution in [0.3, 0.4) is 0 Å². The van der Waals surface area contributed by atoms with Gasteiger partial charge in [0.15, 0.2) is 16.7 Å². The Morgan fingerprint density at radius 3 is 2.64 bits per heavy atom. The minimum absolute atomic E-state index is 0.106. The molecule has 170 valence electrons. The topological polar surface area (TPSA) is 99.2 Å². The lowest BCUT2D eigenvalue weighted by molar-refractivity contribution is -0.113. The van der Waals surface area contributed by atoms with E-state index in [0.29, 0.717) is 33.9 Å². The summed E-state index contributed by atoms with van der Waals surface area (Å²) in [5.41, 5.74) is 2.02. The maximum absolute atomic E-state index is 12.8. The number of esters is 1.